The van der Waals surface area contributed by atoms with Crippen molar-refractivity contribution in [2.24, 2.45) is 5.73 Å². The molecule has 0 saturated heterocycles. The van der Waals surface area contributed by atoms with E-state index in [0.29, 0.717) is 6.54 Å². The first-order valence-corrected chi connectivity index (χ1v) is 8.02. The van der Waals surface area contributed by atoms with Gasteiger partial charge in [-0.05, 0) is 42.2 Å². The SMILES string of the molecule is NCc1nc(-c2ccc3c(c2)CCC3NO)c(-c2ccncc2)[nH]1. The summed E-state index contributed by atoms with van der Waals surface area (Å²) >= 11 is 0. The van der Waals surface area contributed by atoms with E-state index in [-0.39, 0.29) is 6.04 Å². The number of nitrogens with two attached hydrogens (primary N) is 1. The first-order chi connectivity index (χ1) is 11.8. The number of benzene rings is 1. The lowest BCUT2D eigenvalue weighted by atomic mass is 10.0. The van der Waals surface area contributed by atoms with Gasteiger partial charge in [-0.1, -0.05) is 12.1 Å². The van der Waals surface area contributed by atoms with Crippen molar-refractivity contribution in [2.45, 2.75) is 25.4 Å². The molecule has 0 fully saturated rings. The topological polar surface area (TPSA) is 99.8 Å². The second-order valence-electron chi connectivity index (χ2n) is 5.98. The number of nitrogens with one attached hydrogen (secondary N) is 2. The lowest BCUT2D eigenvalue weighted by molar-refractivity contribution is 0.126. The Morgan fingerprint density at radius 2 is 2.04 bits per heavy atom. The zero-order chi connectivity index (χ0) is 16.5. The Balaban J connectivity index is 1.81. The van der Waals surface area contributed by atoms with Crippen LogP contribution < -0.4 is 11.2 Å². The Bertz CT molecular complexity index is 859. The van der Waals surface area contributed by atoms with Gasteiger partial charge in [-0.15, -0.1) is 0 Å². The molecule has 0 spiro atoms. The summed E-state index contributed by atoms with van der Waals surface area (Å²) in [7, 11) is 0. The maximum atomic E-state index is 9.24. The van der Waals surface area contributed by atoms with Crippen molar-refractivity contribution in [1.82, 2.24) is 20.4 Å². The molecule has 1 aliphatic carbocycles. The number of imidazole rings is 1. The molecular weight excluding hydrogens is 302 g/mol. The molecule has 0 radical (unpaired) electrons. The van der Waals surface area contributed by atoms with E-state index in [4.69, 9.17) is 5.73 Å². The van der Waals surface area contributed by atoms with Crippen molar-refractivity contribution >= 4 is 0 Å². The van der Waals surface area contributed by atoms with E-state index in [1.807, 2.05) is 12.1 Å². The monoisotopic (exact) mass is 321 g/mol. The molecule has 24 heavy (non-hydrogen) atoms. The van der Waals surface area contributed by atoms with Gasteiger partial charge in [0.25, 0.3) is 0 Å². The van der Waals surface area contributed by atoms with Crippen LogP contribution in [0.2, 0.25) is 0 Å². The van der Waals surface area contributed by atoms with E-state index in [1.165, 1.54) is 5.56 Å². The molecule has 122 valence electrons. The predicted octanol–water partition coefficient (Wildman–Crippen LogP) is 2.56. The molecule has 4 rings (SSSR count). The fourth-order valence-electron chi connectivity index (χ4n) is 3.35. The van der Waals surface area contributed by atoms with Crippen LogP contribution in [0.5, 0.6) is 0 Å². The lowest BCUT2D eigenvalue weighted by Crippen LogP contribution is -2.13. The van der Waals surface area contributed by atoms with Crippen molar-refractivity contribution in [3.63, 3.8) is 0 Å². The number of fused-ring (bicyclic) bond motifs is 1. The molecule has 0 bridgehead atoms. The summed E-state index contributed by atoms with van der Waals surface area (Å²) in [6.45, 7) is 0.361. The van der Waals surface area contributed by atoms with E-state index in [1.54, 1.807) is 12.4 Å². The second kappa shape index (κ2) is 6.16. The minimum atomic E-state index is 0.0208. The maximum Gasteiger partial charge on any atom is 0.121 e. The number of hydrogen-bond acceptors (Lipinski definition) is 5. The molecule has 3 aromatic rings. The van der Waals surface area contributed by atoms with Gasteiger partial charge in [0.1, 0.15) is 5.82 Å². The zero-order valence-electron chi connectivity index (χ0n) is 13.2. The molecule has 2 aromatic heterocycles. The number of hydroxylamine groups is 1. The summed E-state index contributed by atoms with van der Waals surface area (Å²) in [6, 6.07) is 10.2. The van der Waals surface area contributed by atoms with Crippen LogP contribution in [0, 0.1) is 0 Å². The third-order valence-electron chi connectivity index (χ3n) is 4.57. The quantitative estimate of drug-likeness (QED) is 0.553. The fourth-order valence-corrected chi connectivity index (χ4v) is 3.35. The van der Waals surface area contributed by atoms with E-state index in [9.17, 15) is 5.21 Å². The lowest BCUT2D eigenvalue weighted by Gasteiger charge is -2.10. The Hall–Kier alpha value is -2.54. The molecule has 1 atom stereocenters. The van der Waals surface area contributed by atoms with Crippen molar-refractivity contribution in [3.8, 4) is 22.5 Å². The first-order valence-electron chi connectivity index (χ1n) is 8.02. The van der Waals surface area contributed by atoms with Crippen LogP contribution in [0.15, 0.2) is 42.7 Å². The third-order valence-corrected chi connectivity index (χ3v) is 4.57. The Labute approximate surface area is 139 Å². The molecule has 5 N–H and O–H groups in total. The van der Waals surface area contributed by atoms with Gasteiger partial charge in [0.15, 0.2) is 0 Å². The van der Waals surface area contributed by atoms with Crippen LogP contribution in [0.3, 0.4) is 0 Å². The average Bonchev–Trinajstić information content (AvgIpc) is 3.25. The highest BCUT2D eigenvalue weighted by molar-refractivity contribution is 5.79. The van der Waals surface area contributed by atoms with E-state index < -0.39 is 0 Å². The first kappa shape index (κ1) is 15.0. The number of nitrogens with zero attached hydrogens (tertiary/aromatic N) is 2. The average molecular weight is 321 g/mol. The second-order valence-corrected chi connectivity index (χ2v) is 5.98. The molecule has 0 aliphatic heterocycles. The molecule has 0 saturated carbocycles. The van der Waals surface area contributed by atoms with Crippen LogP contribution in [-0.4, -0.2) is 20.2 Å². The smallest absolute Gasteiger partial charge is 0.121 e. The summed E-state index contributed by atoms with van der Waals surface area (Å²) in [4.78, 5) is 12.1. The fraction of sp³-hybridized carbons (Fsp3) is 0.222. The van der Waals surface area contributed by atoms with Crippen molar-refractivity contribution in [2.75, 3.05) is 0 Å². The summed E-state index contributed by atoms with van der Waals surface area (Å²) in [5.41, 5.74) is 14.5. The van der Waals surface area contributed by atoms with E-state index >= 15 is 0 Å². The molecular formula is C18H19N5O. The van der Waals surface area contributed by atoms with Crippen molar-refractivity contribution in [1.29, 1.82) is 0 Å². The number of aromatic nitrogens is 3. The van der Waals surface area contributed by atoms with Crippen LogP contribution in [-0.2, 0) is 13.0 Å². The molecule has 2 heterocycles. The highest BCUT2D eigenvalue weighted by Gasteiger charge is 2.23. The molecule has 0 amide bonds. The summed E-state index contributed by atoms with van der Waals surface area (Å²) in [5.74, 6) is 0.757. The van der Waals surface area contributed by atoms with Crippen LogP contribution >= 0.6 is 0 Å². The van der Waals surface area contributed by atoms with Gasteiger partial charge in [-0.2, -0.15) is 5.48 Å². The van der Waals surface area contributed by atoms with E-state index in [0.717, 1.165) is 46.7 Å². The third kappa shape index (κ3) is 2.50. The minimum Gasteiger partial charge on any atom is -0.340 e. The highest BCUT2D eigenvalue weighted by Crippen LogP contribution is 2.36. The van der Waals surface area contributed by atoms with Gasteiger partial charge in [0, 0.05) is 23.5 Å². The molecule has 6 nitrogen and oxygen atoms in total. The van der Waals surface area contributed by atoms with Crippen LogP contribution in [0.4, 0.5) is 0 Å². The maximum absolute atomic E-state index is 9.24. The Morgan fingerprint density at radius 3 is 2.79 bits per heavy atom. The van der Waals surface area contributed by atoms with Crippen LogP contribution in [0.25, 0.3) is 22.5 Å². The Kier molecular flexibility index (Phi) is 3.86. The molecule has 1 aliphatic rings. The zero-order valence-corrected chi connectivity index (χ0v) is 13.2. The minimum absolute atomic E-state index is 0.0208. The predicted molar refractivity (Wildman–Crippen MR) is 91.1 cm³/mol. The Morgan fingerprint density at radius 1 is 1.21 bits per heavy atom. The highest BCUT2D eigenvalue weighted by atomic mass is 16.5. The number of hydrogen-bond donors (Lipinski definition) is 4. The van der Waals surface area contributed by atoms with Crippen molar-refractivity contribution in [3.05, 3.63) is 59.7 Å². The van der Waals surface area contributed by atoms with Gasteiger partial charge in [0.05, 0.1) is 24.0 Å². The number of H-pyrrole nitrogens is 1. The summed E-state index contributed by atoms with van der Waals surface area (Å²) in [5, 5.41) is 9.24. The summed E-state index contributed by atoms with van der Waals surface area (Å²) in [6.07, 6.45) is 5.38. The number of aryl methyl sites for hydroxylation is 1. The standard InChI is InChI=1S/C18H19N5O/c19-10-16-21-17(11-5-7-20-8-6-11)18(22-16)13-1-3-14-12(9-13)2-4-15(14)23-24/h1,3,5-9,15,23-24H,2,4,10,19H2,(H,21,22). The van der Waals surface area contributed by atoms with Gasteiger partial charge in [-0.25, -0.2) is 4.98 Å². The molecule has 1 unspecified atom stereocenters. The van der Waals surface area contributed by atoms with Crippen LogP contribution in [0.1, 0.15) is 29.4 Å². The van der Waals surface area contributed by atoms with Gasteiger partial charge in [-0.3, -0.25) is 4.98 Å². The van der Waals surface area contributed by atoms with Gasteiger partial charge in [0.2, 0.25) is 0 Å². The largest absolute Gasteiger partial charge is 0.340 e. The van der Waals surface area contributed by atoms with Crippen molar-refractivity contribution < 1.29 is 5.21 Å². The van der Waals surface area contributed by atoms with E-state index in [2.05, 4.69) is 38.6 Å². The number of aromatic amines is 1. The summed E-state index contributed by atoms with van der Waals surface area (Å²) < 4.78 is 0. The van der Waals surface area contributed by atoms with Gasteiger partial charge < -0.3 is 15.9 Å². The molecule has 1 aromatic carbocycles. The number of rotatable bonds is 4. The normalized spacial score (nSPS) is 16.3. The molecule has 6 heteroatoms. The number of pyridine rings is 1. The van der Waals surface area contributed by atoms with Gasteiger partial charge >= 0.3 is 0 Å².